The molecule has 21 heavy (non-hydrogen) atoms. The zero-order valence-electron chi connectivity index (χ0n) is 12.1. The Balaban J connectivity index is 1.94. The first-order valence-corrected chi connectivity index (χ1v) is 6.69. The number of nitrogens with one attached hydrogen (secondary N) is 2. The fraction of sp³-hybridized carbons (Fsp3) is 0.267. The number of amides is 1. The lowest BCUT2D eigenvalue weighted by molar-refractivity contribution is -0.116. The number of nitrogens with zero attached hydrogens (tertiary/aromatic N) is 2. The van der Waals surface area contributed by atoms with Crippen LogP contribution in [0.5, 0.6) is 11.8 Å². The minimum Gasteiger partial charge on any atom is -0.424 e. The molecule has 2 N–H and O–H groups in total. The molecule has 6 heteroatoms. The van der Waals surface area contributed by atoms with Crippen LogP contribution >= 0.6 is 0 Å². The SMILES string of the molecule is CNCCC(=O)Nc1ccc(Oc2nccc(C)n2)cc1. The molecule has 0 saturated carbocycles. The van der Waals surface area contributed by atoms with Crippen LogP contribution in [-0.4, -0.2) is 29.5 Å². The lowest BCUT2D eigenvalue weighted by Gasteiger charge is -2.07. The molecule has 0 atom stereocenters. The van der Waals surface area contributed by atoms with Crippen LogP contribution in [0.25, 0.3) is 0 Å². The Morgan fingerprint density at radius 1 is 1.24 bits per heavy atom. The molecule has 0 fully saturated rings. The summed E-state index contributed by atoms with van der Waals surface area (Å²) in [4.78, 5) is 19.8. The molecule has 0 aliphatic carbocycles. The van der Waals surface area contributed by atoms with Gasteiger partial charge in [0.1, 0.15) is 5.75 Å². The van der Waals surface area contributed by atoms with Crippen LogP contribution in [-0.2, 0) is 4.79 Å². The molecule has 2 aromatic rings. The van der Waals surface area contributed by atoms with Gasteiger partial charge in [0.15, 0.2) is 0 Å². The van der Waals surface area contributed by atoms with Crippen molar-refractivity contribution in [2.75, 3.05) is 18.9 Å². The summed E-state index contributed by atoms with van der Waals surface area (Å²) in [6, 6.07) is 9.20. The number of ether oxygens (including phenoxy) is 1. The highest BCUT2D eigenvalue weighted by molar-refractivity contribution is 5.90. The molecule has 0 saturated heterocycles. The number of hydrogen-bond acceptors (Lipinski definition) is 5. The average Bonchev–Trinajstić information content (AvgIpc) is 2.47. The third kappa shape index (κ3) is 4.85. The van der Waals surface area contributed by atoms with Gasteiger partial charge in [0.25, 0.3) is 0 Å². The molecule has 110 valence electrons. The molecular formula is C15H18N4O2. The Hall–Kier alpha value is -2.47. The third-order valence-corrected chi connectivity index (χ3v) is 2.72. The predicted octanol–water partition coefficient (Wildman–Crippen LogP) is 2.13. The standard InChI is InChI=1S/C15H18N4O2/c1-11-7-10-17-15(18-11)21-13-5-3-12(4-6-13)19-14(20)8-9-16-2/h3-7,10,16H,8-9H2,1-2H3,(H,19,20). The molecule has 0 radical (unpaired) electrons. The molecule has 1 aromatic carbocycles. The minimum atomic E-state index is -0.0277. The number of rotatable bonds is 6. The third-order valence-electron chi connectivity index (χ3n) is 2.72. The Kier molecular flexibility index (Phi) is 5.22. The number of carbonyl (C=O) groups is 1. The normalized spacial score (nSPS) is 10.2. The number of aryl methyl sites for hydroxylation is 1. The highest BCUT2D eigenvalue weighted by Gasteiger charge is 2.03. The molecule has 2 rings (SSSR count). The summed E-state index contributed by atoms with van der Waals surface area (Å²) >= 11 is 0. The molecule has 6 nitrogen and oxygen atoms in total. The van der Waals surface area contributed by atoms with E-state index in [1.54, 1.807) is 36.5 Å². The molecule has 0 unspecified atom stereocenters. The van der Waals surface area contributed by atoms with Gasteiger partial charge in [-0.15, -0.1) is 0 Å². The van der Waals surface area contributed by atoms with Gasteiger partial charge in [-0.2, -0.15) is 0 Å². The van der Waals surface area contributed by atoms with Gasteiger partial charge in [0.2, 0.25) is 5.91 Å². The maximum absolute atomic E-state index is 11.6. The van der Waals surface area contributed by atoms with E-state index < -0.39 is 0 Å². The first-order chi connectivity index (χ1) is 10.2. The molecule has 1 amide bonds. The van der Waals surface area contributed by atoms with Crippen molar-refractivity contribution in [3.05, 3.63) is 42.2 Å². The Morgan fingerprint density at radius 2 is 2.00 bits per heavy atom. The summed E-state index contributed by atoms with van der Waals surface area (Å²) in [6.45, 7) is 2.52. The van der Waals surface area contributed by atoms with Crippen LogP contribution < -0.4 is 15.4 Å². The van der Waals surface area contributed by atoms with Gasteiger partial charge in [0.05, 0.1) is 0 Å². The topological polar surface area (TPSA) is 76.1 Å². The van der Waals surface area contributed by atoms with Gasteiger partial charge in [0, 0.05) is 30.5 Å². The van der Waals surface area contributed by atoms with Crippen molar-refractivity contribution in [2.45, 2.75) is 13.3 Å². The molecule has 0 aliphatic heterocycles. The Morgan fingerprint density at radius 3 is 2.67 bits per heavy atom. The monoisotopic (exact) mass is 286 g/mol. The van der Waals surface area contributed by atoms with Crippen molar-refractivity contribution in [2.24, 2.45) is 0 Å². The van der Waals surface area contributed by atoms with E-state index in [9.17, 15) is 4.79 Å². The van der Waals surface area contributed by atoms with Gasteiger partial charge in [-0.1, -0.05) is 0 Å². The van der Waals surface area contributed by atoms with E-state index in [-0.39, 0.29) is 5.91 Å². The second kappa shape index (κ2) is 7.35. The maximum atomic E-state index is 11.6. The van der Waals surface area contributed by atoms with Crippen LogP contribution in [0.4, 0.5) is 5.69 Å². The van der Waals surface area contributed by atoms with E-state index >= 15 is 0 Å². The summed E-state index contributed by atoms with van der Waals surface area (Å²) in [6.07, 6.45) is 2.08. The summed E-state index contributed by atoms with van der Waals surface area (Å²) in [5, 5.41) is 5.74. The van der Waals surface area contributed by atoms with Crippen molar-refractivity contribution in [1.82, 2.24) is 15.3 Å². The summed E-state index contributed by atoms with van der Waals surface area (Å²) in [5.74, 6) is 0.592. The highest BCUT2D eigenvalue weighted by Crippen LogP contribution is 2.20. The number of hydrogen-bond donors (Lipinski definition) is 2. The van der Waals surface area contributed by atoms with Crippen LogP contribution in [0.3, 0.4) is 0 Å². The second-order valence-electron chi connectivity index (χ2n) is 4.51. The molecular weight excluding hydrogens is 268 g/mol. The van der Waals surface area contributed by atoms with E-state index in [2.05, 4.69) is 20.6 Å². The zero-order valence-corrected chi connectivity index (χ0v) is 12.1. The zero-order chi connectivity index (χ0) is 15.1. The molecule has 0 bridgehead atoms. The van der Waals surface area contributed by atoms with Gasteiger partial charge in [-0.05, 0) is 44.3 Å². The first kappa shape index (κ1) is 14.9. The Bertz CT molecular complexity index is 599. The lowest BCUT2D eigenvalue weighted by Crippen LogP contribution is -2.18. The number of benzene rings is 1. The van der Waals surface area contributed by atoms with E-state index in [1.165, 1.54) is 0 Å². The molecule has 0 spiro atoms. The molecule has 0 aliphatic rings. The van der Waals surface area contributed by atoms with Crippen LogP contribution in [0.2, 0.25) is 0 Å². The van der Waals surface area contributed by atoms with Crippen LogP contribution in [0.15, 0.2) is 36.5 Å². The van der Waals surface area contributed by atoms with Gasteiger partial charge in [-0.25, -0.2) is 9.97 Å². The predicted molar refractivity (Wildman–Crippen MR) is 80.5 cm³/mol. The van der Waals surface area contributed by atoms with Crippen molar-refractivity contribution in [1.29, 1.82) is 0 Å². The second-order valence-corrected chi connectivity index (χ2v) is 4.51. The summed E-state index contributed by atoms with van der Waals surface area (Å²) < 4.78 is 5.54. The smallest absolute Gasteiger partial charge is 0.322 e. The van der Waals surface area contributed by atoms with Gasteiger partial charge < -0.3 is 15.4 Å². The summed E-state index contributed by atoms with van der Waals surface area (Å²) in [7, 11) is 1.81. The van der Waals surface area contributed by atoms with Crippen molar-refractivity contribution in [3.8, 4) is 11.8 Å². The lowest BCUT2D eigenvalue weighted by atomic mass is 10.3. The molecule has 1 heterocycles. The van der Waals surface area contributed by atoms with E-state index in [0.29, 0.717) is 24.7 Å². The highest BCUT2D eigenvalue weighted by atomic mass is 16.5. The first-order valence-electron chi connectivity index (χ1n) is 6.69. The van der Waals surface area contributed by atoms with E-state index in [0.717, 1.165) is 11.4 Å². The molecule has 1 aromatic heterocycles. The van der Waals surface area contributed by atoms with E-state index in [4.69, 9.17) is 4.74 Å². The van der Waals surface area contributed by atoms with E-state index in [1.807, 2.05) is 14.0 Å². The van der Waals surface area contributed by atoms with Crippen LogP contribution in [0, 0.1) is 6.92 Å². The van der Waals surface area contributed by atoms with Crippen LogP contribution in [0.1, 0.15) is 12.1 Å². The maximum Gasteiger partial charge on any atom is 0.322 e. The number of anilines is 1. The van der Waals surface area contributed by atoms with Gasteiger partial charge >= 0.3 is 6.01 Å². The average molecular weight is 286 g/mol. The Labute approximate surface area is 123 Å². The van der Waals surface area contributed by atoms with Crippen molar-refractivity contribution >= 4 is 11.6 Å². The number of carbonyl (C=O) groups excluding carboxylic acids is 1. The quantitative estimate of drug-likeness (QED) is 0.850. The van der Waals surface area contributed by atoms with Gasteiger partial charge in [-0.3, -0.25) is 4.79 Å². The van der Waals surface area contributed by atoms with Crippen molar-refractivity contribution in [3.63, 3.8) is 0 Å². The van der Waals surface area contributed by atoms with Crippen molar-refractivity contribution < 1.29 is 9.53 Å². The summed E-state index contributed by atoms with van der Waals surface area (Å²) in [5.41, 5.74) is 1.57. The fourth-order valence-corrected chi connectivity index (χ4v) is 1.65. The minimum absolute atomic E-state index is 0.0277. The largest absolute Gasteiger partial charge is 0.424 e. The fourth-order valence-electron chi connectivity index (χ4n) is 1.65. The number of aromatic nitrogens is 2.